The maximum Gasteiger partial charge on any atom is 0.154 e. The van der Waals surface area contributed by atoms with E-state index in [-0.39, 0.29) is 5.56 Å². The minimum atomic E-state index is -1.79. The molecule has 1 saturated heterocycles. The van der Waals surface area contributed by atoms with Crippen molar-refractivity contribution in [1.29, 1.82) is 5.41 Å². The summed E-state index contributed by atoms with van der Waals surface area (Å²) in [5, 5.41) is 13.2. The molecule has 1 aromatic rings. The third-order valence-electron chi connectivity index (χ3n) is 7.83. The topological polar surface area (TPSA) is 51.6 Å². The Labute approximate surface area is 237 Å². The van der Waals surface area contributed by atoms with Gasteiger partial charge in [-0.2, -0.15) is 0 Å². The van der Waals surface area contributed by atoms with Crippen LogP contribution in [0.2, 0.25) is 0 Å². The fourth-order valence-electron chi connectivity index (χ4n) is 5.74. The fraction of sp³-hybridized carbons (Fsp3) is 0.485. The Morgan fingerprint density at radius 1 is 1.23 bits per heavy atom. The minimum absolute atomic E-state index is 0.262. The predicted molar refractivity (Wildman–Crippen MR) is 160 cm³/mol. The molecule has 1 fully saturated rings. The lowest BCUT2D eigenvalue weighted by molar-refractivity contribution is 0.0798. The van der Waals surface area contributed by atoms with Crippen LogP contribution in [0.1, 0.15) is 69.3 Å². The van der Waals surface area contributed by atoms with Gasteiger partial charge in [0.15, 0.2) is 6.17 Å². The molecule has 3 aliphatic rings. The SMILES string of the molecule is C=C=C=C(C=C(C)C)c1cc2c(cc1C(F)CF)N(C(=N)C1=C(NC3CCOCC3)CCN(C(=C)C)C1)CCC2. The van der Waals surface area contributed by atoms with Crippen molar-refractivity contribution in [1.82, 2.24) is 10.2 Å². The Morgan fingerprint density at radius 2 is 1.98 bits per heavy atom. The molecular formula is C33H42F2N4O. The molecule has 0 saturated carbocycles. The smallest absolute Gasteiger partial charge is 0.154 e. The monoisotopic (exact) mass is 548 g/mol. The second-order valence-electron chi connectivity index (χ2n) is 11.1. The summed E-state index contributed by atoms with van der Waals surface area (Å²) in [6.07, 6.45) is 4.43. The normalized spacial score (nSPS) is 18.3. The van der Waals surface area contributed by atoms with Gasteiger partial charge < -0.3 is 19.9 Å². The first kappa shape index (κ1) is 29.6. The number of hydrogen-bond acceptors (Lipinski definition) is 4. The molecule has 0 amide bonds. The summed E-state index contributed by atoms with van der Waals surface area (Å²) in [4.78, 5) is 4.19. The standard InChI is InChI=1S/C33H42F2N4O/c1-6-8-24(17-22(2)3)27-18-25-9-7-13-39(32(25)19-28(27)30(35)20-34)33(36)29-21-38(23(4)5)14-10-31(29)37-26-11-15-40-16-12-26/h17-19,26,30,36-37H,1,4,7,9-16,20-21H2,2-3,5H3. The largest absolute Gasteiger partial charge is 0.385 e. The van der Waals surface area contributed by atoms with Crippen LogP contribution in [0.25, 0.3) is 5.57 Å². The molecule has 0 aliphatic carbocycles. The first-order chi connectivity index (χ1) is 19.2. The molecule has 5 nitrogen and oxygen atoms in total. The number of allylic oxidation sites excluding steroid dienone is 4. The van der Waals surface area contributed by atoms with Crippen molar-refractivity contribution in [3.05, 3.63) is 82.1 Å². The number of amidine groups is 1. The molecule has 0 radical (unpaired) electrons. The zero-order valence-corrected chi connectivity index (χ0v) is 24.1. The molecule has 2 N–H and O–H groups in total. The highest BCUT2D eigenvalue weighted by Crippen LogP contribution is 2.38. The van der Waals surface area contributed by atoms with Crippen LogP contribution in [-0.4, -0.2) is 56.3 Å². The molecule has 4 rings (SSSR count). The lowest BCUT2D eigenvalue weighted by Crippen LogP contribution is -2.45. The van der Waals surface area contributed by atoms with Crippen LogP contribution in [0.3, 0.4) is 0 Å². The highest BCUT2D eigenvalue weighted by molar-refractivity contribution is 6.09. The predicted octanol–water partition coefficient (Wildman–Crippen LogP) is 6.95. The summed E-state index contributed by atoms with van der Waals surface area (Å²) in [5.74, 6) is 0.405. The van der Waals surface area contributed by atoms with Crippen LogP contribution in [0, 0.1) is 5.41 Å². The van der Waals surface area contributed by atoms with Gasteiger partial charge in [-0.1, -0.05) is 23.6 Å². The number of anilines is 1. The molecular weight excluding hydrogens is 506 g/mol. The summed E-state index contributed by atoms with van der Waals surface area (Å²) in [5.41, 5.74) is 13.0. The summed E-state index contributed by atoms with van der Waals surface area (Å²) < 4.78 is 34.5. The summed E-state index contributed by atoms with van der Waals surface area (Å²) in [6, 6.07) is 4.01. The third-order valence-corrected chi connectivity index (χ3v) is 7.83. The third kappa shape index (κ3) is 6.67. The number of hydrogen-bond donors (Lipinski definition) is 2. The van der Waals surface area contributed by atoms with Crippen molar-refractivity contribution in [2.45, 2.75) is 65.1 Å². The number of fused-ring (bicyclic) bond motifs is 1. The lowest BCUT2D eigenvalue weighted by Gasteiger charge is -2.39. The molecule has 0 spiro atoms. The van der Waals surface area contributed by atoms with Crippen LogP contribution in [-0.2, 0) is 11.2 Å². The van der Waals surface area contributed by atoms with Crippen LogP contribution in [0.5, 0.6) is 0 Å². The minimum Gasteiger partial charge on any atom is -0.385 e. The van der Waals surface area contributed by atoms with Gasteiger partial charge in [-0.25, -0.2) is 8.78 Å². The zero-order chi connectivity index (χ0) is 28.8. The quantitative estimate of drug-likeness (QED) is 0.160. The second-order valence-corrected chi connectivity index (χ2v) is 11.1. The van der Waals surface area contributed by atoms with Gasteiger partial charge in [0.2, 0.25) is 0 Å². The number of nitrogens with zero attached hydrogens (tertiary/aromatic N) is 2. The van der Waals surface area contributed by atoms with Gasteiger partial charge >= 0.3 is 0 Å². The molecule has 40 heavy (non-hydrogen) atoms. The average Bonchev–Trinajstić information content (AvgIpc) is 2.95. The van der Waals surface area contributed by atoms with E-state index in [0.717, 1.165) is 85.7 Å². The van der Waals surface area contributed by atoms with E-state index >= 15 is 4.39 Å². The van der Waals surface area contributed by atoms with E-state index in [1.165, 1.54) is 0 Å². The summed E-state index contributed by atoms with van der Waals surface area (Å²) in [6.45, 7) is 16.1. The molecule has 0 bridgehead atoms. The van der Waals surface area contributed by atoms with Gasteiger partial charge in [0.1, 0.15) is 12.5 Å². The number of halogens is 2. The van der Waals surface area contributed by atoms with Gasteiger partial charge in [0, 0.05) is 73.5 Å². The van der Waals surface area contributed by atoms with Crippen molar-refractivity contribution in [2.75, 3.05) is 44.4 Å². The first-order valence-electron chi connectivity index (χ1n) is 14.2. The maximum atomic E-state index is 15.2. The lowest BCUT2D eigenvalue weighted by atomic mass is 9.89. The number of rotatable bonds is 8. The van der Waals surface area contributed by atoms with E-state index in [0.29, 0.717) is 36.1 Å². The van der Waals surface area contributed by atoms with Crippen molar-refractivity contribution in [3.8, 4) is 0 Å². The highest BCUT2D eigenvalue weighted by Gasteiger charge is 2.31. The van der Waals surface area contributed by atoms with Crippen LogP contribution in [0.15, 0.2) is 65.4 Å². The number of aryl methyl sites for hydroxylation is 1. The number of nitrogens with one attached hydrogen (secondary N) is 2. The molecule has 1 aromatic carbocycles. The molecule has 0 aromatic heterocycles. The highest BCUT2D eigenvalue weighted by atomic mass is 19.2. The number of alkyl halides is 2. The van der Waals surface area contributed by atoms with Crippen molar-refractivity contribution < 1.29 is 13.5 Å². The molecule has 3 aliphatic heterocycles. The molecule has 1 atom stereocenters. The van der Waals surface area contributed by atoms with Gasteiger partial charge in [-0.15, -0.1) is 0 Å². The van der Waals surface area contributed by atoms with Gasteiger partial charge in [-0.05, 0) is 87.9 Å². The van der Waals surface area contributed by atoms with E-state index < -0.39 is 12.8 Å². The van der Waals surface area contributed by atoms with Crippen molar-refractivity contribution in [2.24, 2.45) is 0 Å². The van der Waals surface area contributed by atoms with E-state index in [1.807, 2.05) is 37.8 Å². The van der Waals surface area contributed by atoms with Crippen LogP contribution < -0.4 is 10.2 Å². The Bertz CT molecular complexity index is 1290. The average molecular weight is 549 g/mol. The van der Waals surface area contributed by atoms with Crippen molar-refractivity contribution in [3.63, 3.8) is 0 Å². The molecule has 7 heteroatoms. The van der Waals surface area contributed by atoms with Gasteiger partial charge in [0.05, 0.1) is 0 Å². The molecule has 214 valence electrons. The molecule has 3 heterocycles. The van der Waals surface area contributed by atoms with Crippen LogP contribution in [0.4, 0.5) is 14.5 Å². The van der Waals surface area contributed by atoms with E-state index in [9.17, 15) is 9.80 Å². The van der Waals surface area contributed by atoms with E-state index in [4.69, 9.17) is 4.74 Å². The molecule has 1 unspecified atom stereocenters. The summed E-state index contributed by atoms with van der Waals surface area (Å²) in [7, 11) is 0. The van der Waals surface area contributed by atoms with E-state index in [2.05, 4.69) is 34.8 Å². The number of benzene rings is 1. The Hall–Kier alpha value is -3.37. The Morgan fingerprint density at radius 3 is 2.62 bits per heavy atom. The maximum absolute atomic E-state index is 15.2. The first-order valence-corrected chi connectivity index (χ1v) is 14.2. The fourth-order valence-corrected chi connectivity index (χ4v) is 5.74. The van der Waals surface area contributed by atoms with Gasteiger partial charge in [0.25, 0.3) is 0 Å². The Kier molecular flexibility index (Phi) is 9.86. The second kappa shape index (κ2) is 13.3. The van der Waals surface area contributed by atoms with Crippen molar-refractivity contribution >= 4 is 17.1 Å². The number of ether oxygens (including phenoxy) is 1. The van der Waals surface area contributed by atoms with Gasteiger partial charge in [-0.3, -0.25) is 5.41 Å². The summed E-state index contributed by atoms with van der Waals surface area (Å²) >= 11 is 0. The van der Waals surface area contributed by atoms with E-state index in [1.54, 1.807) is 6.07 Å². The zero-order valence-electron chi connectivity index (χ0n) is 24.1. The Balaban J connectivity index is 1.78. The van der Waals surface area contributed by atoms with Crippen LogP contribution >= 0.6 is 0 Å².